The zero-order valence-corrected chi connectivity index (χ0v) is 21.1. The van der Waals surface area contributed by atoms with Crippen LogP contribution in [0.3, 0.4) is 0 Å². The van der Waals surface area contributed by atoms with Gasteiger partial charge in [0.25, 0.3) is 0 Å². The number of carbonyl (C=O) groups is 2. The number of rotatable bonds is 0. The Morgan fingerprint density at radius 2 is 1.80 bits per heavy atom. The van der Waals surface area contributed by atoms with Gasteiger partial charge in [0.2, 0.25) is 0 Å². The molecule has 9 heteroatoms. The molecule has 7 nitrogen and oxygen atoms in total. The summed E-state index contributed by atoms with van der Waals surface area (Å²) in [5.74, 6) is 0. The number of urea groups is 1. The van der Waals surface area contributed by atoms with Gasteiger partial charge in [-0.05, 0) is 12.2 Å². The third-order valence-electron chi connectivity index (χ3n) is 0.975. The molecular weight excluding hydrogens is 444 g/mol. The molecule has 0 saturated heterocycles. The Morgan fingerprint density at radius 1 is 1.33 bits per heavy atom. The summed E-state index contributed by atoms with van der Waals surface area (Å²) < 4.78 is 0. The van der Waals surface area contributed by atoms with Gasteiger partial charge in [-0.15, -0.1) is 0 Å². The molecule has 0 radical (unpaired) electrons. The Kier molecular flexibility index (Phi) is 20.9. The van der Waals surface area contributed by atoms with Gasteiger partial charge >= 0.3 is 144 Å². The van der Waals surface area contributed by atoms with E-state index in [0.29, 0.717) is 6.67 Å². The quantitative estimate of drug-likeness (QED) is 0.394. The summed E-state index contributed by atoms with van der Waals surface area (Å²) in [5.41, 5.74) is 4.93. The summed E-state index contributed by atoms with van der Waals surface area (Å²) in [6.07, 6.45) is 2.54. The van der Waals surface area contributed by atoms with Gasteiger partial charge in [-0.1, -0.05) is 0 Å². The van der Waals surface area contributed by atoms with Crippen LogP contribution >= 0.6 is 0 Å². The van der Waals surface area contributed by atoms with E-state index in [-0.39, 0.29) is 138 Å². The summed E-state index contributed by atoms with van der Waals surface area (Å²) in [4.78, 5) is 23.8. The van der Waals surface area contributed by atoms with Gasteiger partial charge in [0.05, 0.1) is 0 Å². The van der Waals surface area contributed by atoms with Gasteiger partial charge in [-0.2, -0.15) is 0 Å². The van der Waals surface area contributed by atoms with Crippen molar-refractivity contribution in [2.75, 3.05) is 6.67 Å². The minimum absolute atomic E-state index is 0. The molecule has 0 aliphatic carbocycles. The van der Waals surface area contributed by atoms with Crippen molar-refractivity contribution in [2.24, 2.45) is 10.7 Å². The molecule has 0 saturated carbocycles. The van der Waals surface area contributed by atoms with Gasteiger partial charge in [0.1, 0.15) is 6.67 Å². The molecule has 2 amide bonds. The van der Waals surface area contributed by atoms with Crippen molar-refractivity contribution in [3.05, 3.63) is 12.3 Å². The smallest absolute Gasteiger partial charge is 0.652 e. The molecule has 0 spiro atoms. The second-order valence-corrected chi connectivity index (χ2v) is 1.87. The molecule has 0 bridgehead atoms. The number of aliphatic imine (C=N–C) groups is 1. The van der Waals surface area contributed by atoms with Crippen LogP contribution in [-0.2, 0) is 0 Å². The third kappa shape index (κ3) is 16.1. The molecule has 0 unspecified atom stereocenters. The molecule has 15 heavy (non-hydrogen) atoms. The van der Waals surface area contributed by atoms with Crippen LogP contribution in [0.15, 0.2) is 17.3 Å². The monoisotopic (exact) mass is 451 g/mol. The average Bonchev–Trinajstić information content (AvgIpc) is 2.05. The molecular formula is C6H7Cs2N3O4. The zero-order chi connectivity index (χ0) is 10.3. The summed E-state index contributed by atoms with van der Waals surface area (Å²) in [5, 5.41) is 16.7. The second kappa shape index (κ2) is 14.1. The number of carboxylic acid groups (broad SMARTS) is 2. The molecule has 0 aromatic carbocycles. The Morgan fingerprint density at radius 3 is 2.00 bits per heavy atom. The van der Waals surface area contributed by atoms with Crippen LogP contribution in [0.2, 0.25) is 0 Å². The summed E-state index contributed by atoms with van der Waals surface area (Å²) >= 11 is 0. The fourth-order valence-electron chi connectivity index (χ4n) is 0.529. The summed E-state index contributed by atoms with van der Waals surface area (Å²) in [7, 11) is 0. The van der Waals surface area contributed by atoms with E-state index in [4.69, 9.17) is 20.7 Å². The number of carbonyl (C=O) groups excluding carboxylic acids is 2. The van der Waals surface area contributed by atoms with Crippen molar-refractivity contribution < 1.29 is 158 Å². The van der Waals surface area contributed by atoms with Crippen LogP contribution in [0.5, 0.6) is 0 Å². The number of primary amides is 1. The molecule has 1 aliphatic rings. The van der Waals surface area contributed by atoms with Crippen molar-refractivity contribution in [1.29, 1.82) is 0 Å². The molecule has 72 valence electrons. The van der Waals surface area contributed by atoms with E-state index >= 15 is 0 Å². The van der Waals surface area contributed by atoms with Gasteiger partial charge in [0.15, 0.2) is 0 Å². The van der Waals surface area contributed by atoms with Crippen molar-refractivity contribution in [3.8, 4) is 0 Å². The van der Waals surface area contributed by atoms with Crippen molar-refractivity contribution in [1.82, 2.24) is 4.90 Å². The Balaban J connectivity index is -0.000000213. The number of hydrogen-bond acceptors (Lipinski definition) is 5. The standard InChI is InChI=1S/C5H7N3O.CH2O3.2Cs/c6-5(9)8-3-1-2-7-4-8;2-1(3)4;;/h1-3H,4H2,(H2,6,9);(H2,2,3,4);;/q;;2*+1/p-2. The van der Waals surface area contributed by atoms with E-state index < -0.39 is 12.2 Å². The Hall–Kier alpha value is 2.05. The maximum Gasteiger partial charge on any atom is 1.00 e. The maximum absolute atomic E-state index is 10.4. The van der Waals surface area contributed by atoms with Gasteiger partial charge in [-0.25, -0.2) is 4.79 Å². The number of nitrogens with two attached hydrogens (primary N) is 1. The van der Waals surface area contributed by atoms with E-state index in [0.717, 1.165) is 0 Å². The molecule has 0 atom stereocenters. The van der Waals surface area contributed by atoms with Crippen molar-refractivity contribution in [3.63, 3.8) is 0 Å². The SMILES string of the molecule is NC(=O)N1C=CC=NC1.O=C([O-])[O-].[Cs+].[Cs+]. The first-order chi connectivity index (χ1) is 6.04. The number of nitrogens with zero attached hydrogens (tertiary/aromatic N) is 2. The minimum Gasteiger partial charge on any atom is -0.652 e. The molecule has 2 N–H and O–H groups in total. The van der Waals surface area contributed by atoms with Crippen molar-refractivity contribution in [2.45, 2.75) is 0 Å². The fourth-order valence-corrected chi connectivity index (χ4v) is 0.529. The van der Waals surface area contributed by atoms with Crippen LogP contribution in [0, 0.1) is 0 Å². The molecule has 1 rings (SSSR count). The van der Waals surface area contributed by atoms with Gasteiger partial charge in [-0.3, -0.25) is 9.89 Å². The van der Waals surface area contributed by atoms with E-state index in [9.17, 15) is 4.79 Å². The largest absolute Gasteiger partial charge is 1.00 e. The van der Waals surface area contributed by atoms with Crippen molar-refractivity contribution >= 4 is 18.4 Å². The van der Waals surface area contributed by atoms with Gasteiger partial charge in [0, 0.05) is 12.4 Å². The average molecular weight is 451 g/mol. The normalized spacial score (nSPS) is 11.3. The second-order valence-electron chi connectivity index (χ2n) is 1.87. The first kappa shape index (κ1) is 22.3. The van der Waals surface area contributed by atoms with E-state index in [1.807, 2.05) is 0 Å². The summed E-state index contributed by atoms with van der Waals surface area (Å²) in [6.45, 7) is 0.339. The van der Waals surface area contributed by atoms with E-state index in [2.05, 4.69) is 4.99 Å². The zero-order valence-electron chi connectivity index (χ0n) is 8.54. The fraction of sp³-hybridized carbons (Fsp3) is 0.167. The first-order valence-corrected chi connectivity index (χ1v) is 3.14. The maximum atomic E-state index is 10.4. The minimum atomic E-state index is -2.33. The van der Waals surface area contributed by atoms with Crippen LogP contribution in [0.4, 0.5) is 9.59 Å². The number of amides is 2. The number of allylic oxidation sites excluding steroid dienone is 1. The molecule has 0 aromatic heterocycles. The van der Waals surface area contributed by atoms with Crippen LogP contribution in [0.1, 0.15) is 0 Å². The molecule has 1 heterocycles. The molecule has 0 aromatic rings. The molecule has 0 fully saturated rings. The van der Waals surface area contributed by atoms with Gasteiger partial charge < -0.3 is 20.7 Å². The first-order valence-electron chi connectivity index (χ1n) is 3.14. The van der Waals surface area contributed by atoms with E-state index in [1.165, 1.54) is 4.90 Å². The Bertz CT molecular complexity index is 253. The van der Waals surface area contributed by atoms with E-state index in [1.54, 1.807) is 18.5 Å². The predicted molar refractivity (Wildman–Crippen MR) is 39.3 cm³/mol. The summed E-state index contributed by atoms with van der Waals surface area (Å²) in [6, 6.07) is -0.469. The predicted octanol–water partition coefficient (Wildman–Crippen LogP) is -8.52. The van der Waals surface area contributed by atoms with Crippen LogP contribution in [0.25, 0.3) is 0 Å². The Labute approximate surface area is 204 Å². The van der Waals surface area contributed by atoms with Crippen LogP contribution in [-0.4, -0.2) is 30.0 Å². The number of hydrogen-bond donors (Lipinski definition) is 1. The van der Waals surface area contributed by atoms with Crippen LogP contribution < -0.4 is 154 Å². The molecule has 1 aliphatic heterocycles. The topological polar surface area (TPSA) is 122 Å². The third-order valence-corrected chi connectivity index (χ3v) is 0.975.